The molecule has 0 unspecified atom stereocenters. The predicted molar refractivity (Wildman–Crippen MR) is 139 cm³/mol. The topological polar surface area (TPSA) is 112 Å². The van der Waals surface area contributed by atoms with Gasteiger partial charge in [0.25, 0.3) is 0 Å². The zero-order valence-electron chi connectivity index (χ0n) is 19.2. The van der Waals surface area contributed by atoms with Crippen molar-refractivity contribution in [2.24, 2.45) is 0 Å². The number of rotatable bonds is 6. The van der Waals surface area contributed by atoms with Crippen molar-refractivity contribution >= 4 is 44.7 Å². The number of pyridine rings is 3. The van der Waals surface area contributed by atoms with E-state index < -0.39 is 0 Å². The molecular weight excluding hydrogens is 477 g/mol. The lowest BCUT2D eigenvalue weighted by atomic mass is 10.1. The first-order chi connectivity index (χ1) is 17.6. The van der Waals surface area contributed by atoms with Crippen molar-refractivity contribution in [2.45, 2.75) is 19.8 Å². The lowest BCUT2D eigenvalue weighted by molar-refractivity contribution is -0.116. The van der Waals surface area contributed by atoms with E-state index >= 15 is 0 Å². The second kappa shape index (κ2) is 8.97. The van der Waals surface area contributed by atoms with E-state index in [2.05, 4.69) is 35.5 Å². The molecule has 0 aliphatic rings. The molecule has 0 saturated carbocycles. The molecule has 178 valence electrons. The number of thiophene rings is 1. The maximum atomic E-state index is 13.7. The zero-order chi connectivity index (χ0) is 24.6. The minimum Gasteiger partial charge on any atom is -0.352 e. The number of hydrogen-bond acceptors (Lipinski definition) is 6. The lowest BCUT2D eigenvalue weighted by Crippen LogP contribution is -2.10. The fourth-order valence-corrected chi connectivity index (χ4v) is 4.97. The van der Waals surface area contributed by atoms with Crippen molar-refractivity contribution in [1.29, 1.82) is 0 Å². The van der Waals surface area contributed by atoms with Crippen LogP contribution in [0.4, 0.5) is 10.1 Å². The number of carbonyl (C=O) groups excluding carboxylic acids is 1. The smallest absolute Gasteiger partial charge is 0.224 e. The van der Waals surface area contributed by atoms with Crippen molar-refractivity contribution in [3.05, 3.63) is 66.4 Å². The number of fused-ring (bicyclic) bond motifs is 2. The number of halogens is 1. The number of hydrogen-bond donors (Lipinski definition) is 3. The van der Waals surface area contributed by atoms with Gasteiger partial charge in [-0.3, -0.25) is 24.8 Å². The van der Waals surface area contributed by atoms with Crippen molar-refractivity contribution in [3.8, 4) is 33.1 Å². The summed E-state index contributed by atoms with van der Waals surface area (Å²) >= 11 is 1.09. The van der Waals surface area contributed by atoms with Crippen LogP contribution in [0, 0.1) is 5.13 Å². The number of aromatic amines is 2. The van der Waals surface area contributed by atoms with Gasteiger partial charge in [0.1, 0.15) is 5.69 Å². The highest BCUT2D eigenvalue weighted by molar-refractivity contribution is 7.14. The Morgan fingerprint density at radius 2 is 1.92 bits per heavy atom. The Morgan fingerprint density at radius 3 is 2.75 bits per heavy atom. The molecule has 0 aliphatic carbocycles. The minimum atomic E-state index is -0.237. The molecule has 8 nitrogen and oxygen atoms in total. The molecule has 0 fully saturated rings. The van der Waals surface area contributed by atoms with Crippen molar-refractivity contribution < 1.29 is 9.18 Å². The highest BCUT2D eigenvalue weighted by Crippen LogP contribution is 2.36. The fraction of sp³-hybridized carbons (Fsp3) is 0.115. The van der Waals surface area contributed by atoms with Gasteiger partial charge >= 0.3 is 0 Å². The molecule has 0 atom stereocenters. The molecule has 3 N–H and O–H groups in total. The van der Waals surface area contributed by atoms with E-state index in [0.29, 0.717) is 17.8 Å². The number of anilines is 1. The van der Waals surface area contributed by atoms with Crippen LogP contribution in [0.15, 0.2) is 61.3 Å². The van der Waals surface area contributed by atoms with Gasteiger partial charge in [0.2, 0.25) is 5.91 Å². The standard InChI is InChI=1S/C26H20FN7OS/c1-2-3-25(35)31-15-6-14(9-28-10-15)19-8-17-22(13-30-19)33-34-26(17)20-7-16-18(11-29-12-21(16)32-20)23-4-5-24(27)36-23/h4-13,32H,2-3H2,1H3,(H,31,35)(H,33,34). The maximum Gasteiger partial charge on any atom is 0.224 e. The van der Waals surface area contributed by atoms with Crippen LogP contribution in [0.3, 0.4) is 0 Å². The predicted octanol–water partition coefficient (Wildman–Crippen LogP) is 6.17. The van der Waals surface area contributed by atoms with Crippen LogP contribution >= 0.6 is 11.3 Å². The second-order valence-corrected chi connectivity index (χ2v) is 9.42. The molecule has 10 heteroatoms. The Hall–Kier alpha value is -4.44. The summed E-state index contributed by atoms with van der Waals surface area (Å²) in [5, 5.41) is 12.0. The summed E-state index contributed by atoms with van der Waals surface area (Å²) in [5.41, 5.74) is 6.12. The Labute approximate surface area is 208 Å². The van der Waals surface area contributed by atoms with Gasteiger partial charge in [-0.1, -0.05) is 6.92 Å². The number of carbonyl (C=O) groups is 1. The first kappa shape index (κ1) is 22.1. The Bertz CT molecular complexity index is 1740. The summed E-state index contributed by atoms with van der Waals surface area (Å²) < 4.78 is 13.7. The van der Waals surface area contributed by atoms with Gasteiger partial charge in [0, 0.05) is 45.6 Å². The third kappa shape index (κ3) is 4.01. The average molecular weight is 498 g/mol. The molecule has 6 rings (SSSR count). The van der Waals surface area contributed by atoms with Gasteiger partial charge in [-0.2, -0.15) is 9.49 Å². The van der Waals surface area contributed by atoms with E-state index in [1.54, 1.807) is 37.1 Å². The first-order valence-electron chi connectivity index (χ1n) is 11.4. The van der Waals surface area contributed by atoms with Gasteiger partial charge in [0.15, 0.2) is 5.13 Å². The van der Waals surface area contributed by atoms with Crippen LogP contribution < -0.4 is 5.32 Å². The molecule has 6 aromatic heterocycles. The normalized spacial score (nSPS) is 11.4. The SMILES string of the molecule is CCCC(=O)Nc1cncc(-c2cc3c(-c4cc5c(-c6ccc(F)s6)cncc5[nH]4)n[nH]c3cn2)c1. The van der Waals surface area contributed by atoms with Crippen LogP contribution in [-0.2, 0) is 4.79 Å². The van der Waals surface area contributed by atoms with Crippen LogP contribution in [0.5, 0.6) is 0 Å². The number of aromatic nitrogens is 6. The molecule has 0 aromatic carbocycles. The highest BCUT2D eigenvalue weighted by atomic mass is 32.1. The molecule has 0 bridgehead atoms. The van der Waals surface area contributed by atoms with Crippen molar-refractivity contribution in [1.82, 2.24) is 30.1 Å². The summed E-state index contributed by atoms with van der Waals surface area (Å²) in [7, 11) is 0. The minimum absolute atomic E-state index is 0.0464. The van der Waals surface area contributed by atoms with Gasteiger partial charge in [-0.25, -0.2) is 0 Å². The molecule has 0 aliphatic heterocycles. The second-order valence-electron chi connectivity index (χ2n) is 8.38. The summed E-state index contributed by atoms with van der Waals surface area (Å²) in [6.07, 6.45) is 9.78. The highest BCUT2D eigenvalue weighted by Gasteiger charge is 2.16. The Morgan fingerprint density at radius 1 is 1.03 bits per heavy atom. The van der Waals surface area contributed by atoms with Crippen molar-refractivity contribution in [3.63, 3.8) is 0 Å². The average Bonchev–Trinajstić information content (AvgIpc) is 3.61. The molecule has 36 heavy (non-hydrogen) atoms. The summed E-state index contributed by atoms with van der Waals surface area (Å²) in [6.45, 7) is 1.96. The van der Waals surface area contributed by atoms with E-state index in [-0.39, 0.29) is 11.0 Å². The zero-order valence-corrected chi connectivity index (χ0v) is 20.0. The van der Waals surface area contributed by atoms with Gasteiger partial charge in [-0.15, -0.1) is 11.3 Å². The van der Waals surface area contributed by atoms with E-state index in [9.17, 15) is 9.18 Å². The number of H-pyrrole nitrogens is 2. The summed E-state index contributed by atoms with van der Waals surface area (Å²) in [4.78, 5) is 29.4. The molecule has 6 heterocycles. The number of nitrogens with one attached hydrogen (secondary N) is 3. The van der Waals surface area contributed by atoms with E-state index in [0.717, 1.165) is 67.0 Å². The van der Waals surface area contributed by atoms with Crippen LogP contribution in [0.2, 0.25) is 0 Å². The first-order valence-corrected chi connectivity index (χ1v) is 12.2. The van der Waals surface area contributed by atoms with Gasteiger partial charge < -0.3 is 10.3 Å². The van der Waals surface area contributed by atoms with Gasteiger partial charge in [-0.05, 0) is 36.8 Å². The molecule has 0 spiro atoms. The monoisotopic (exact) mass is 497 g/mol. The van der Waals surface area contributed by atoms with Crippen molar-refractivity contribution in [2.75, 3.05) is 5.32 Å². The van der Waals surface area contributed by atoms with E-state index in [4.69, 9.17) is 0 Å². The van der Waals surface area contributed by atoms with Crippen LogP contribution in [0.25, 0.3) is 54.9 Å². The quantitative estimate of drug-likeness (QED) is 0.255. The molecule has 6 aromatic rings. The largest absolute Gasteiger partial charge is 0.352 e. The molecule has 0 radical (unpaired) electrons. The molecule has 0 saturated heterocycles. The Balaban J connectivity index is 1.40. The molecule has 1 amide bonds. The summed E-state index contributed by atoms with van der Waals surface area (Å²) in [5.74, 6) is -0.0464. The third-order valence-electron chi connectivity index (χ3n) is 5.88. The van der Waals surface area contributed by atoms with Crippen LogP contribution in [-0.4, -0.2) is 36.0 Å². The fourth-order valence-electron chi connectivity index (χ4n) is 4.21. The third-order valence-corrected chi connectivity index (χ3v) is 6.79. The van der Waals surface area contributed by atoms with Gasteiger partial charge in [0.05, 0.1) is 46.7 Å². The van der Waals surface area contributed by atoms with E-state index in [1.165, 1.54) is 6.07 Å². The molecular formula is C26H20FN7OS. The van der Waals surface area contributed by atoms with Crippen LogP contribution in [0.1, 0.15) is 19.8 Å². The maximum absolute atomic E-state index is 13.7. The lowest BCUT2D eigenvalue weighted by Gasteiger charge is -2.06. The number of nitrogens with zero attached hydrogens (tertiary/aromatic N) is 4. The van der Waals surface area contributed by atoms with E-state index in [1.807, 2.05) is 25.1 Å². The Kier molecular flexibility index (Phi) is 5.49. The number of amides is 1. The summed E-state index contributed by atoms with van der Waals surface area (Å²) in [6, 6.07) is 9.03.